The molecule has 0 radical (unpaired) electrons. The molecule has 0 unspecified atom stereocenters. The summed E-state index contributed by atoms with van der Waals surface area (Å²) in [4.78, 5) is 15.0. The second-order valence-corrected chi connectivity index (χ2v) is 10.3. The second-order valence-electron chi connectivity index (χ2n) is 6.92. The Balaban J connectivity index is 1.59. The van der Waals surface area contributed by atoms with E-state index in [4.69, 9.17) is 44.9 Å². The van der Waals surface area contributed by atoms with E-state index in [1.807, 2.05) is 30.3 Å². The summed E-state index contributed by atoms with van der Waals surface area (Å²) in [5.41, 5.74) is 2.31. The minimum absolute atomic E-state index is 0.233. The van der Waals surface area contributed by atoms with Crippen molar-refractivity contribution in [1.29, 1.82) is 0 Å². The van der Waals surface area contributed by atoms with Gasteiger partial charge in [0.25, 0.3) is 5.91 Å². The maximum Gasteiger partial charge on any atom is 0.270 e. The summed E-state index contributed by atoms with van der Waals surface area (Å²) < 4.78 is 12.6. The van der Waals surface area contributed by atoms with Crippen molar-refractivity contribution in [2.45, 2.75) is 6.61 Å². The maximum absolute atomic E-state index is 13.1. The van der Waals surface area contributed by atoms with Crippen LogP contribution in [-0.4, -0.2) is 17.3 Å². The lowest BCUT2D eigenvalue weighted by atomic mass is 10.1. The van der Waals surface area contributed by atoms with Crippen molar-refractivity contribution in [3.8, 4) is 11.5 Å². The molecular weight excluding hydrogens is 565 g/mol. The zero-order chi connectivity index (χ0) is 23.5. The highest BCUT2D eigenvalue weighted by molar-refractivity contribution is 9.10. The molecule has 3 aromatic rings. The number of amides is 1. The van der Waals surface area contributed by atoms with E-state index in [1.165, 1.54) is 16.7 Å². The maximum atomic E-state index is 13.1. The Morgan fingerprint density at radius 3 is 2.55 bits per heavy atom. The van der Waals surface area contributed by atoms with Crippen LogP contribution in [0.15, 0.2) is 70.0 Å². The van der Waals surface area contributed by atoms with Gasteiger partial charge in [-0.25, -0.2) is 0 Å². The standard InChI is InChI=1S/C24H16BrCl2NO3S2/c1-30-20-10-15(9-19(27)22(20)31-13-14-5-3-2-4-6-14)11-21-23(29)28(24(32)33-21)16-7-8-17(25)18(26)12-16/h2-12H,13H2,1H3/b21-11+. The van der Waals surface area contributed by atoms with Crippen LogP contribution < -0.4 is 14.4 Å². The van der Waals surface area contributed by atoms with Crippen LogP contribution >= 0.6 is 63.1 Å². The fraction of sp³-hybridized carbons (Fsp3) is 0.0833. The number of carbonyl (C=O) groups is 1. The van der Waals surface area contributed by atoms with Crippen molar-refractivity contribution in [2.75, 3.05) is 12.0 Å². The van der Waals surface area contributed by atoms with Crippen LogP contribution in [0.5, 0.6) is 11.5 Å². The fourth-order valence-electron chi connectivity index (χ4n) is 3.16. The molecule has 1 heterocycles. The lowest BCUT2D eigenvalue weighted by Gasteiger charge is -2.15. The predicted octanol–water partition coefficient (Wildman–Crippen LogP) is 7.75. The first-order chi connectivity index (χ1) is 15.9. The van der Waals surface area contributed by atoms with E-state index in [0.717, 1.165) is 10.0 Å². The van der Waals surface area contributed by atoms with Crippen LogP contribution in [0.2, 0.25) is 10.0 Å². The first-order valence-electron chi connectivity index (χ1n) is 9.64. The molecule has 1 amide bonds. The SMILES string of the molecule is COc1cc(/C=C2/SC(=S)N(c3ccc(Br)c(Cl)c3)C2=O)cc(Cl)c1OCc1ccccc1. The van der Waals surface area contributed by atoms with Crippen molar-refractivity contribution in [3.05, 3.63) is 91.2 Å². The number of anilines is 1. The van der Waals surface area contributed by atoms with Gasteiger partial charge in [-0.05, 0) is 63.5 Å². The van der Waals surface area contributed by atoms with E-state index in [0.29, 0.717) is 48.6 Å². The number of halogens is 3. The summed E-state index contributed by atoms with van der Waals surface area (Å²) >= 11 is 22.7. The average molecular weight is 581 g/mol. The zero-order valence-corrected chi connectivity index (χ0v) is 21.9. The highest BCUT2D eigenvalue weighted by Crippen LogP contribution is 2.41. The zero-order valence-electron chi connectivity index (χ0n) is 17.2. The highest BCUT2D eigenvalue weighted by atomic mass is 79.9. The molecule has 0 spiro atoms. The summed E-state index contributed by atoms with van der Waals surface area (Å²) in [6.07, 6.45) is 1.73. The molecule has 0 bridgehead atoms. The number of hydrogen-bond donors (Lipinski definition) is 0. The van der Waals surface area contributed by atoms with Crippen molar-refractivity contribution in [2.24, 2.45) is 0 Å². The first-order valence-corrected chi connectivity index (χ1v) is 12.4. The smallest absolute Gasteiger partial charge is 0.270 e. The highest BCUT2D eigenvalue weighted by Gasteiger charge is 2.33. The van der Waals surface area contributed by atoms with Gasteiger partial charge in [0.1, 0.15) is 6.61 Å². The van der Waals surface area contributed by atoms with Gasteiger partial charge in [0.05, 0.1) is 27.7 Å². The molecule has 0 aromatic heterocycles. The number of thiocarbonyl (C=S) groups is 1. The minimum atomic E-state index is -0.233. The second kappa shape index (κ2) is 10.5. The molecular formula is C24H16BrCl2NO3S2. The molecule has 4 nitrogen and oxygen atoms in total. The molecule has 1 aliphatic rings. The molecule has 1 aliphatic heterocycles. The fourth-order valence-corrected chi connectivity index (χ4v) is 5.15. The van der Waals surface area contributed by atoms with Gasteiger partial charge < -0.3 is 9.47 Å². The molecule has 0 atom stereocenters. The molecule has 1 saturated heterocycles. The predicted molar refractivity (Wildman–Crippen MR) is 144 cm³/mol. The lowest BCUT2D eigenvalue weighted by molar-refractivity contribution is -0.113. The van der Waals surface area contributed by atoms with Crippen LogP contribution in [0, 0.1) is 0 Å². The Morgan fingerprint density at radius 2 is 1.85 bits per heavy atom. The van der Waals surface area contributed by atoms with E-state index in [2.05, 4.69) is 15.9 Å². The minimum Gasteiger partial charge on any atom is -0.493 e. The summed E-state index contributed by atoms with van der Waals surface area (Å²) in [7, 11) is 1.54. The number of ether oxygens (including phenoxy) is 2. The monoisotopic (exact) mass is 579 g/mol. The molecule has 4 rings (SSSR count). The van der Waals surface area contributed by atoms with Gasteiger partial charge in [-0.15, -0.1) is 0 Å². The third-order valence-electron chi connectivity index (χ3n) is 4.73. The number of thioether (sulfide) groups is 1. The molecule has 33 heavy (non-hydrogen) atoms. The molecule has 0 N–H and O–H groups in total. The van der Waals surface area contributed by atoms with Crippen LogP contribution in [0.1, 0.15) is 11.1 Å². The molecule has 9 heteroatoms. The number of rotatable bonds is 6. The molecule has 0 saturated carbocycles. The largest absolute Gasteiger partial charge is 0.493 e. The third-order valence-corrected chi connectivity index (χ3v) is 7.55. The van der Waals surface area contributed by atoms with E-state index >= 15 is 0 Å². The van der Waals surface area contributed by atoms with Crippen LogP contribution in [-0.2, 0) is 11.4 Å². The van der Waals surface area contributed by atoms with Crippen LogP contribution in [0.25, 0.3) is 6.08 Å². The normalized spacial score (nSPS) is 14.8. The third kappa shape index (κ3) is 5.39. The van der Waals surface area contributed by atoms with Crippen molar-refractivity contribution in [1.82, 2.24) is 0 Å². The number of methoxy groups -OCH3 is 1. The van der Waals surface area contributed by atoms with Gasteiger partial charge in [-0.1, -0.05) is 77.5 Å². The lowest BCUT2D eigenvalue weighted by Crippen LogP contribution is -2.27. The van der Waals surface area contributed by atoms with E-state index in [1.54, 1.807) is 43.5 Å². The van der Waals surface area contributed by atoms with Crippen LogP contribution in [0.3, 0.4) is 0 Å². The van der Waals surface area contributed by atoms with Crippen molar-refractivity contribution < 1.29 is 14.3 Å². The Bertz CT molecular complexity index is 1270. The number of hydrogen-bond acceptors (Lipinski definition) is 5. The summed E-state index contributed by atoms with van der Waals surface area (Å²) in [5.74, 6) is 0.681. The van der Waals surface area contributed by atoms with Gasteiger partial charge in [-0.3, -0.25) is 9.69 Å². The van der Waals surface area contributed by atoms with Crippen molar-refractivity contribution in [3.63, 3.8) is 0 Å². The Hall–Kier alpha value is -2.03. The molecule has 168 valence electrons. The van der Waals surface area contributed by atoms with Gasteiger partial charge in [0.2, 0.25) is 0 Å². The number of carbonyl (C=O) groups excluding carboxylic acids is 1. The Kier molecular flexibility index (Phi) is 7.66. The number of nitrogens with zero attached hydrogens (tertiary/aromatic N) is 1. The summed E-state index contributed by atoms with van der Waals surface area (Å²) in [6.45, 7) is 0.352. The van der Waals surface area contributed by atoms with E-state index < -0.39 is 0 Å². The molecule has 1 fully saturated rings. The first kappa shape index (κ1) is 24.1. The Morgan fingerprint density at radius 1 is 1.09 bits per heavy atom. The Labute approximate surface area is 219 Å². The van der Waals surface area contributed by atoms with Gasteiger partial charge >= 0.3 is 0 Å². The number of benzene rings is 3. The molecule has 0 aliphatic carbocycles. The average Bonchev–Trinajstić information content (AvgIpc) is 3.08. The van der Waals surface area contributed by atoms with Crippen LogP contribution in [0.4, 0.5) is 5.69 Å². The topological polar surface area (TPSA) is 38.8 Å². The van der Waals surface area contributed by atoms with E-state index in [9.17, 15) is 4.79 Å². The van der Waals surface area contributed by atoms with Gasteiger partial charge in [-0.2, -0.15) is 0 Å². The van der Waals surface area contributed by atoms with Gasteiger partial charge in [0.15, 0.2) is 15.8 Å². The summed E-state index contributed by atoms with van der Waals surface area (Å²) in [6, 6.07) is 18.5. The van der Waals surface area contributed by atoms with E-state index in [-0.39, 0.29) is 5.91 Å². The molecule has 3 aromatic carbocycles. The van der Waals surface area contributed by atoms with Gasteiger partial charge in [0, 0.05) is 4.47 Å². The summed E-state index contributed by atoms with van der Waals surface area (Å²) in [5, 5.41) is 0.875. The quantitative estimate of drug-likeness (QED) is 0.220. The van der Waals surface area contributed by atoms with Crippen molar-refractivity contribution >= 4 is 85.1 Å².